The van der Waals surface area contributed by atoms with Crippen LogP contribution >= 0.6 is 16.1 Å². The van der Waals surface area contributed by atoms with Gasteiger partial charge in [0.2, 0.25) is 11.8 Å². The lowest BCUT2D eigenvalue weighted by molar-refractivity contribution is -0.0530. The van der Waals surface area contributed by atoms with Gasteiger partial charge < -0.3 is 33.2 Å². The zero-order valence-electron chi connectivity index (χ0n) is 38.6. The van der Waals surface area contributed by atoms with Gasteiger partial charge in [-0.15, -0.1) is 9.42 Å². The second-order valence-electron chi connectivity index (χ2n) is 18.0. The summed E-state index contributed by atoms with van der Waals surface area (Å²) in [6.45, 7) is 18.4. The van der Waals surface area contributed by atoms with E-state index in [0.717, 1.165) is 0 Å². The van der Waals surface area contributed by atoms with Gasteiger partial charge in [-0.05, 0) is 34.5 Å². The molecule has 0 bridgehead atoms. The topological polar surface area (TPSA) is 294 Å². The molecule has 1 saturated carbocycles. The van der Waals surface area contributed by atoms with Crippen molar-refractivity contribution in [3.63, 3.8) is 0 Å². The minimum absolute atomic E-state index is 0.0494. The quantitative estimate of drug-likeness (QED) is 0.0363. The van der Waals surface area contributed by atoms with Gasteiger partial charge in [0.15, 0.2) is 17.4 Å². The zero-order chi connectivity index (χ0) is 47.9. The van der Waals surface area contributed by atoms with Gasteiger partial charge in [-0.1, -0.05) is 69.2 Å². The number of hydrogen-bond donors (Lipinski definition) is 5. The van der Waals surface area contributed by atoms with Gasteiger partial charge in [0, 0.05) is 35.7 Å². The Hall–Kier alpha value is -3.12. The molecule has 3 aromatic heterocycles. The van der Waals surface area contributed by atoms with Crippen LogP contribution in [0.5, 0.6) is 5.88 Å². The van der Waals surface area contributed by atoms with Gasteiger partial charge in [0.05, 0.1) is 38.6 Å². The molecule has 5 N–H and O–H groups in total. The number of aliphatic hydroxyl groups is 1. The van der Waals surface area contributed by atoms with Crippen molar-refractivity contribution in [3.8, 4) is 11.9 Å². The maximum atomic E-state index is 15.2. The third-order valence-corrected chi connectivity index (χ3v) is 23.2. The summed E-state index contributed by atoms with van der Waals surface area (Å²) in [6.07, 6.45) is -2.51. The van der Waals surface area contributed by atoms with E-state index in [1.54, 1.807) is 6.07 Å². The lowest BCUT2D eigenvalue weighted by Gasteiger charge is -2.47. The summed E-state index contributed by atoms with van der Waals surface area (Å²) in [7, 11) is -15.1. The van der Waals surface area contributed by atoms with Crippen LogP contribution in [0.25, 0.3) is 11.2 Å². The number of H-pyrrole nitrogens is 1. The fraction of sp³-hybridized carbons (Fsp3) is 0.744. The lowest BCUT2D eigenvalue weighted by Crippen LogP contribution is -2.62. The Morgan fingerprint density at radius 1 is 1.06 bits per heavy atom. The molecular weight excluding hydrogens is 923 g/mol. The van der Waals surface area contributed by atoms with Crippen LogP contribution in [0.15, 0.2) is 29.7 Å². The first-order chi connectivity index (χ1) is 30.7. The Balaban J connectivity index is 1.61. The molecule has 5 rings (SSSR count). The van der Waals surface area contributed by atoms with E-state index < -0.39 is 101 Å². The highest BCUT2D eigenvalue weighted by Crippen LogP contribution is 2.56. The number of nitriles is 1. The van der Waals surface area contributed by atoms with Crippen molar-refractivity contribution in [3.05, 3.63) is 35.3 Å². The summed E-state index contributed by atoms with van der Waals surface area (Å²) in [5.41, 5.74) is -1.63. The van der Waals surface area contributed by atoms with Crippen molar-refractivity contribution >= 4 is 50.3 Å². The van der Waals surface area contributed by atoms with Crippen LogP contribution in [0.2, 0.25) is 22.2 Å². The molecule has 0 aromatic carbocycles. The second kappa shape index (κ2) is 22.8. The van der Waals surface area contributed by atoms with E-state index in [2.05, 4.69) is 30.2 Å². The van der Waals surface area contributed by atoms with Crippen molar-refractivity contribution in [1.29, 1.82) is 5.26 Å². The number of ether oxygens (including phenoxy) is 2. The van der Waals surface area contributed by atoms with Crippen molar-refractivity contribution < 1.29 is 60.0 Å². The molecule has 0 radical (unpaired) electrons. The average Bonchev–Trinajstić information content (AvgIpc) is 3.93. The molecule has 1 aliphatic heterocycles. The fourth-order valence-electron chi connectivity index (χ4n) is 8.11. The zero-order valence-corrected chi connectivity index (χ0v) is 42.4. The van der Waals surface area contributed by atoms with Gasteiger partial charge >= 0.3 is 33.2 Å². The largest absolute Gasteiger partial charge is 0.695 e. The highest BCUT2D eigenvalue weighted by molar-refractivity contribution is 7.48. The van der Waals surface area contributed by atoms with Crippen LogP contribution in [-0.4, -0.2) is 118 Å². The second-order valence-corrected chi connectivity index (χ2v) is 28.9. The molecule has 1 saturated heterocycles. The van der Waals surface area contributed by atoms with Gasteiger partial charge in [-0.25, -0.2) is 19.5 Å². The smallest absolute Gasteiger partial charge is 0.474 e. The SMILES string of the molecule is CC(C)CNc1nc2c(ncn2[C@H]2O[C@@H](CO)[C@H](O[Si](O[Si](O)(C(C)C)C(C)C)(C(C)C)C(C)C)[C@@H]2OP(=O)(OCCC#N)OC[C@@H]2C[C@H](Oc3ccncn3)C[C@H]2O[P+](=O)O)c(=O)[nH]1. The molecule has 362 valence electrons. The first-order valence-electron chi connectivity index (χ1n) is 21.9. The highest BCUT2D eigenvalue weighted by Gasteiger charge is 2.60. The van der Waals surface area contributed by atoms with Crippen LogP contribution in [0.3, 0.4) is 0 Å². The predicted octanol–water partition coefficient (Wildman–Crippen LogP) is 6.12. The summed E-state index contributed by atoms with van der Waals surface area (Å²) in [5, 5.41) is 23.6. The number of rotatable bonds is 25. The van der Waals surface area contributed by atoms with Crippen molar-refractivity contribution in [2.24, 2.45) is 11.8 Å². The molecule has 26 heteroatoms. The molecule has 1 aliphatic carbocycles. The number of phosphoric ester groups is 1. The molecule has 22 nitrogen and oxygen atoms in total. The lowest BCUT2D eigenvalue weighted by atomic mass is 10.1. The molecule has 3 aromatic rings. The molecule has 0 spiro atoms. The van der Waals surface area contributed by atoms with E-state index in [4.69, 9.17) is 36.1 Å². The van der Waals surface area contributed by atoms with Crippen LogP contribution in [0, 0.1) is 23.2 Å². The maximum Gasteiger partial charge on any atom is 0.695 e. The summed E-state index contributed by atoms with van der Waals surface area (Å²) < 4.78 is 79.3. The number of anilines is 1. The Kier molecular flexibility index (Phi) is 18.5. The molecule has 65 heavy (non-hydrogen) atoms. The Bertz CT molecular complexity index is 2170. The van der Waals surface area contributed by atoms with E-state index in [-0.39, 0.29) is 70.3 Å². The maximum absolute atomic E-state index is 15.2. The van der Waals surface area contributed by atoms with Crippen molar-refractivity contribution in [2.75, 3.05) is 31.7 Å². The standard InChI is InChI=1S/C39H64N8O14P2Si2/c1-23(2)18-42-39-45-36-33(37(49)46-39)44-22-47(36)38-35(34(31(19-48)57-38)60-65(26(7)8,27(9)10)61-64(53,24(3)4)25(5)6)59-63(52,54-15-11-13-40)55-20-28-16-29(17-30(28)58-62(50)51)56-32-12-14-41-21-43-32/h12,14,21-31,34-35,38,48,53H,11,15-20H2,1-10H3,(H2-,42,45,46,49,50,51)/p+1/t28-,29-,30+,31-,34-,35-,38-,63?/m0/s1. The van der Waals surface area contributed by atoms with E-state index in [9.17, 15) is 29.4 Å². The van der Waals surface area contributed by atoms with Crippen molar-refractivity contribution in [1.82, 2.24) is 29.5 Å². The number of phosphoric acid groups is 1. The van der Waals surface area contributed by atoms with Crippen molar-refractivity contribution in [2.45, 2.75) is 147 Å². The summed E-state index contributed by atoms with van der Waals surface area (Å²) in [5.74, 6) is -0.0671. The Morgan fingerprint density at radius 3 is 2.35 bits per heavy atom. The third kappa shape index (κ3) is 12.7. The third-order valence-electron chi connectivity index (χ3n) is 11.6. The van der Waals surface area contributed by atoms with Crippen LogP contribution in [0.4, 0.5) is 5.95 Å². The van der Waals surface area contributed by atoms with E-state index in [1.807, 2.05) is 75.3 Å². The van der Waals surface area contributed by atoms with Crippen LogP contribution < -0.4 is 15.6 Å². The number of fused-ring (bicyclic) bond motifs is 1. The first kappa shape index (κ1) is 52.8. The monoisotopic (exact) mass is 987 g/mol. The van der Waals surface area contributed by atoms with Gasteiger partial charge in [-0.2, -0.15) is 10.2 Å². The number of nitrogens with one attached hydrogen (secondary N) is 2. The molecule has 0 amide bonds. The Labute approximate surface area is 382 Å². The summed E-state index contributed by atoms with van der Waals surface area (Å²) >= 11 is 0. The molecule has 2 fully saturated rings. The molecule has 2 aliphatic rings. The fourth-order valence-corrected chi connectivity index (χ4v) is 19.9. The van der Waals surface area contributed by atoms with Gasteiger partial charge in [0.25, 0.3) is 5.56 Å². The number of aromatic nitrogens is 6. The van der Waals surface area contributed by atoms with Gasteiger partial charge in [-0.3, -0.25) is 27.9 Å². The van der Waals surface area contributed by atoms with E-state index in [1.165, 1.54) is 23.4 Å². The van der Waals surface area contributed by atoms with E-state index >= 15 is 4.57 Å². The molecule has 9 atom stereocenters. The van der Waals surface area contributed by atoms with Gasteiger partial charge in [0.1, 0.15) is 36.8 Å². The summed E-state index contributed by atoms with van der Waals surface area (Å²) in [6, 6.07) is 3.51. The number of imidazole rings is 1. The number of aliphatic hydroxyl groups excluding tert-OH is 1. The number of aromatic amines is 1. The van der Waals surface area contributed by atoms with Crippen LogP contribution in [0.1, 0.15) is 94.7 Å². The first-order valence-corrected chi connectivity index (χ1v) is 28.5. The van der Waals surface area contributed by atoms with Crippen LogP contribution in [-0.2, 0) is 40.5 Å². The minimum Gasteiger partial charge on any atom is -0.474 e. The predicted molar refractivity (Wildman–Crippen MR) is 241 cm³/mol. The van der Waals surface area contributed by atoms with E-state index in [0.29, 0.717) is 6.54 Å². The average molecular weight is 988 g/mol. The molecular formula is C39H65N8O14P2Si2+. The Morgan fingerprint density at radius 2 is 1.77 bits per heavy atom. The summed E-state index contributed by atoms with van der Waals surface area (Å²) in [4.78, 5) is 55.1. The normalized spacial score (nSPS) is 24.1. The molecule has 2 unspecified atom stereocenters. The highest BCUT2D eigenvalue weighted by atomic mass is 31.2. The number of hydrogen-bond acceptors (Lipinski definition) is 19. The minimum atomic E-state index is -4.84. The number of nitrogens with zero attached hydrogens (tertiary/aromatic N) is 6. The molecule has 4 heterocycles.